The maximum atomic E-state index is 12.1. The average Bonchev–Trinajstić information content (AvgIpc) is 2.93. The number of hydrogen-bond donors (Lipinski definition) is 0. The molecule has 0 saturated carbocycles. The van der Waals surface area contributed by atoms with Gasteiger partial charge in [0, 0.05) is 24.6 Å². The molecule has 0 saturated heterocycles. The van der Waals surface area contributed by atoms with E-state index in [-0.39, 0.29) is 12.4 Å². The van der Waals surface area contributed by atoms with Gasteiger partial charge in [0.05, 0.1) is 13.0 Å². The Hall–Kier alpha value is -3.05. The number of aryl methyl sites for hydroxylation is 1. The highest BCUT2D eigenvalue weighted by Crippen LogP contribution is 2.25. The van der Waals surface area contributed by atoms with Crippen LogP contribution in [0.1, 0.15) is 77.7 Å². The van der Waals surface area contributed by atoms with E-state index in [0.717, 1.165) is 35.4 Å². The molecule has 198 valence electrons. The van der Waals surface area contributed by atoms with Crippen LogP contribution in [0.25, 0.3) is 22.5 Å². The van der Waals surface area contributed by atoms with Crippen molar-refractivity contribution in [3.8, 4) is 28.3 Å². The molecule has 1 aromatic heterocycles. The minimum Gasteiger partial charge on any atom is -0.426 e. The molecule has 0 N–H and O–H groups in total. The molecule has 0 unspecified atom stereocenters. The summed E-state index contributed by atoms with van der Waals surface area (Å²) in [6.07, 6.45) is 13.7. The van der Waals surface area contributed by atoms with Crippen LogP contribution in [0, 0.1) is 5.92 Å². The number of benzene rings is 2. The first-order chi connectivity index (χ1) is 18.1. The highest BCUT2D eigenvalue weighted by molar-refractivity contribution is 5.73. The third-order valence-corrected chi connectivity index (χ3v) is 6.49. The molecule has 1 atom stereocenters. The number of carbonyl (C=O) groups is 1. The third kappa shape index (κ3) is 10.1. The van der Waals surface area contributed by atoms with Crippen molar-refractivity contribution in [2.45, 2.75) is 78.6 Å². The van der Waals surface area contributed by atoms with Gasteiger partial charge in [-0.1, -0.05) is 89.3 Å². The van der Waals surface area contributed by atoms with Crippen molar-refractivity contribution in [2.24, 2.45) is 5.92 Å². The molecule has 3 rings (SSSR count). The predicted molar refractivity (Wildman–Crippen MR) is 151 cm³/mol. The first-order valence-corrected chi connectivity index (χ1v) is 13.9. The summed E-state index contributed by atoms with van der Waals surface area (Å²) in [5.74, 6) is 1.54. The van der Waals surface area contributed by atoms with Crippen LogP contribution in [-0.4, -0.2) is 29.2 Å². The number of aromatic nitrogens is 2. The van der Waals surface area contributed by atoms with E-state index in [2.05, 4.69) is 42.9 Å². The maximum absolute atomic E-state index is 12.1. The average molecular weight is 503 g/mol. The van der Waals surface area contributed by atoms with Gasteiger partial charge < -0.3 is 9.47 Å². The van der Waals surface area contributed by atoms with E-state index in [4.69, 9.17) is 9.47 Å². The van der Waals surface area contributed by atoms with Gasteiger partial charge in [0.25, 0.3) is 0 Å². The molecular formula is C32H42N2O3. The first-order valence-electron chi connectivity index (χ1n) is 13.9. The Labute approximate surface area is 222 Å². The van der Waals surface area contributed by atoms with Crippen molar-refractivity contribution in [2.75, 3.05) is 13.2 Å². The molecule has 0 fully saturated rings. The maximum Gasteiger partial charge on any atom is 0.313 e. The van der Waals surface area contributed by atoms with Gasteiger partial charge in [0.1, 0.15) is 5.75 Å². The molecule has 0 spiro atoms. The van der Waals surface area contributed by atoms with Crippen LogP contribution in [0.5, 0.6) is 5.75 Å². The fourth-order valence-electron chi connectivity index (χ4n) is 4.17. The fourth-order valence-corrected chi connectivity index (χ4v) is 4.17. The summed E-state index contributed by atoms with van der Waals surface area (Å²) < 4.78 is 11.1. The van der Waals surface area contributed by atoms with Crippen LogP contribution >= 0.6 is 0 Å². The minimum absolute atomic E-state index is 0.256. The van der Waals surface area contributed by atoms with E-state index in [1.165, 1.54) is 44.1 Å². The van der Waals surface area contributed by atoms with Gasteiger partial charge in [0.2, 0.25) is 0 Å². The SMILES string of the molecule is CCCCCCc1cnc(-c2ccc(-c3ccc(OC(=O)CCOC[C@H](C)CCCC)cc3)cc2)nc1. The van der Waals surface area contributed by atoms with Gasteiger partial charge >= 0.3 is 5.97 Å². The predicted octanol–water partition coefficient (Wildman–Crippen LogP) is 8.07. The van der Waals surface area contributed by atoms with Gasteiger partial charge in [-0.2, -0.15) is 0 Å². The van der Waals surface area contributed by atoms with Gasteiger partial charge in [-0.15, -0.1) is 0 Å². The van der Waals surface area contributed by atoms with E-state index in [0.29, 0.717) is 24.9 Å². The van der Waals surface area contributed by atoms with Crippen molar-refractivity contribution in [3.05, 3.63) is 66.5 Å². The lowest BCUT2D eigenvalue weighted by atomic mass is 10.0. The fraction of sp³-hybridized carbons (Fsp3) is 0.469. The number of rotatable bonds is 16. The molecule has 5 heteroatoms. The van der Waals surface area contributed by atoms with Gasteiger partial charge in [-0.05, 0) is 54.0 Å². The number of unbranched alkanes of at least 4 members (excludes halogenated alkanes) is 4. The second-order valence-corrected chi connectivity index (χ2v) is 9.87. The molecule has 0 radical (unpaired) electrons. The zero-order valence-electron chi connectivity index (χ0n) is 22.7. The lowest BCUT2D eigenvalue weighted by molar-refractivity contribution is -0.135. The molecule has 0 aliphatic rings. The number of carbonyl (C=O) groups excluding carboxylic acids is 1. The van der Waals surface area contributed by atoms with Crippen molar-refractivity contribution in [1.29, 1.82) is 0 Å². The molecule has 5 nitrogen and oxygen atoms in total. The van der Waals surface area contributed by atoms with E-state index in [9.17, 15) is 4.79 Å². The van der Waals surface area contributed by atoms with Gasteiger partial charge in [-0.3, -0.25) is 4.79 Å². The largest absolute Gasteiger partial charge is 0.426 e. The Bertz CT molecular complexity index is 1050. The highest BCUT2D eigenvalue weighted by Gasteiger charge is 2.08. The van der Waals surface area contributed by atoms with E-state index >= 15 is 0 Å². The number of ether oxygens (including phenoxy) is 2. The lowest BCUT2D eigenvalue weighted by Crippen LogP contribution is -2.13. The Balaban J connectivity index is 1.45. The Morgan fingerprint density at radius 3 is 2.08 bits per heavy atom. The summed E-state index contributed by atoms with van der Waals surface area (Å²) in [5, 5.41) is 0. The molecule has 2 aromatic carbocycles. The van der Waals surface area contributed by atoms with Crippen molar-refractivity contribution < 1.29 is 14.3 Å². The van der Waals surface area contributed by atoms with Crippen LogP contribution in [0.2, 0.25) is 0 Å². The van der Waals surface area contributed by atoms with Crippen LogP contribution < -0.4 is 4.74 Å². The second-order valence-electron chi connectivity index (χ2n) is 9.87. The van der Waals surface area contributed by atoms with Gasteiger partial charge in [-0.25, -0.2) is 9.97 Å². The van der Waals surface area contributed by atoms with Crippen LogP contribution in [0.4, 0.5) is 0 Å². The second kappa shape index (κ2) is 15.9. The topological polar surface area (TPSA) is 61.3 Å². The zero-order valence-corrected chi connectivity index (χ0v) is 22.7. The van der Waals surface area contributed by atoms with Crippen LogP contribution in [0.15, 0.2) is 60.9 Å². The van der Waals surface area contributed by atoms with Crippen molar-refractivity contribution in [1.82, 2.24) is 9.97 Å². The molecular weight excluding hydrogens is 460 g/mol. The number of nitrogens with zero attached hydrogens (tertiary/aromatic N) is 2. The Kier molecular flexibility index (Phi) is 12.3. The summed E-state index contributed by atoms with van der Waals surface area (Å²) in [4.78, 5) is 21.3. The van der Waals surface area contributed by atoms with E-state index < -0.39 is 0 Å². The summed E-state index contributed by atoms with van der Waals surface area (Å²) in [6, 6.07) is 15.8. The monoisotopic (exact) mass is 502 g/mol. The smallest absolute Gasteiger partial charge is 0.313 e. The molecule has 0 aliphatic carbocycles. The molecule has 37 heavy (non-hydrogen) atoms. The zero-order chi connectivity index (χ0) is 26.3. The quantitative estimate of drug-likeness (QED) is 0.113. The highest BCUT2D eigenvalue weighted by atomic mass is 16.5. The molecule has 0 bridgehead atoms. The molecule has 1 heterocycles. The van der Waals surface area contributed by atoms with Crippen molar-refractivity contribution in [3.63, 3.8) is 0 Å². The Morgan fingerprint density at radius 2 is 1.43 bits per heavy atom. The molecule has 0 amide bonds. The number of hydrogen-bond acceptors (Lipinski definition) is 5. The van der Waals surface area contributed by atoms with E-state index in [1.54, 1.807) is 0 Å². The summed E-state index contributed by atoms with van der Waals surface area (Å²) in [5.41, 5.74) is 4.33. The summed E-state index contributed by atoms with van der Waals surface area (Å²) >= 11 is 0. The normalized spacial score (nSPS) is 11.9. The first kappa shape index (κ1) is 28.5. The van der Waals surface area contributed by atoms with E-state index in [1.807, 2.05) is 48.8 Å². The number of esters is 1. The third-order valence-electron chi connectivity index (χ3n) is 6.49. The molecule has 3 aromatic rings. The summed E-state index contributed by atoms with van der Waals surface area (Å²) in [7, 11) is 0. The lowest BCUT2D eigenvalue weighted by Gasteiger charge is -2.11. The van der Waals surface area contributed by atoms with Gasteiger partial charge in [0.15, 0.2) is 5.82 Å². The van der Waals surface area contributed by atoms with Crippen LogP contribution in [-0.2, 0) is 16.0 Å². The van der Waals surface area contributed by atoms with Crippen molar-refractivity contribution >= 4 is 5.97 Å². The standard InChI is InChI=1S/C32H42N2O3/c1-4-6-8-9-11-26-22-33-32(34-23-26)29-14-12-27(13-15-29)28-16-18-30(19-17-28)37-31(35)20-21-36-24-25(3)10-7-5-2/h12-19,22-23,25H,4-11,20-21,24H2,1-3H3/t25-/m1/s1. The van der Waals surface area contributed by atoms with Crippen LogP contribution in [0.3, 0.4) is 0 Å². The Morgan fingerprint density at radius 1 is 0.811 bits per heavy atom. The molecule has 0 aliphatic heterocycles. The minimum atomic E-state index is -0.273. The summed E-state index contributed by atoms with van der Waals surface area (Å²) in [6.45, 7) is 7.69.